The van der Waals surface area contributed by atoms with Crippen molar-refractivity contribution in [3.63, 3.8) is 0 Å². The molecule has 1 aromatic carbocycles. The molecule has 1 heterocycles. The number of benzene rings is 1. The monoisotopic (exact) mass is 306 g/mol. The van der Waals surface area contributed by atoms with Gasteiger partial charge in [-0.3, -0.25) is 4.98 Å². The highest BCUT2D eigenvalue weighted by molar-refractivity contribution is 7.89. The first kappa shape index (κ1) is 15.5. The van der Waals surface area contributed by atoms with Crippen molar-refractivity contribution in [2.45, 2.75) is 18.4 Å². The van der Waals surface area contributed by atoms with Crippen molar-refractivity contribution < 1.29 is 13.2 Å². The molecular weight excluding hydrogens is 288 g/mol. The molecule has 0 aliphatic rings. The van der Waals surface area contributed by atoms with Crippen LogP contribution in [-0.2, 0) is 16.6 Å². The number of pyridine rings is 1. The largest absolute Gasteiger partial charge is 0.497 e. The minimum Gasteiger partial charge on any atom is -0.497 e. The van der Waals surface area contributed by atoms with Gasteiger partial charge in [0, 0.05) is 25.5 Å². The molecule has 5 nitrogen and oxygen atoms in total. The van der Waals surface area contributed by atoms with Crippen LogP contribution in [0.1, 0.15) is 12.5 Å². The second-order valence-corrected chi connectivity index (χ2v) is 6.40. The van der Waals surface area contributed by atoms with Crippen molar-refractivity contribution in [1.82, 2.24) is 9.29 Å². The maximum Gasteiger partial charge on any atom is 0.243 e. The lowest BCUT2D eigenvalue weighted by atomic mass is 10.3. The number of rotatable bonds is 6. The van der Waals surface area contributed by atoms with E-state index < -0.39 is 10.0 Å². The molecule has 0 unspecified atom stereocenters. The van der Waals surface area contributed by atoms with Gasteiger partial charge >= 0.3 is 0 Å². The van der Waals surface area contributed by atoms with Crippen molar-refractivity contribution in [2.75, 3.05) is 13.7 Å². The molecule has 2 rings (SSSR count). The van der Waals surface area contributed by atoms with E-state index in [1.807, 2.05) is 19.1 Å². The molecule has 0 fully saturated rings. The summed E-state index contributed by atoms with van der Waals surface area (Å²) in [5.74, 6) is 0.631. The zero-order chi connectivity index (χ0) is 15.3. The number of nitrogens with zero attached hydrogens (tertiary/aromatic N) is 2. The molecule has 0 radical (unpaired) electrons. The number of sulfonamides is 1. The Hall–Kier alpha value is -1.92. The Balaban J connectivity index is 2.26. The van der Waals surface area contributed by atoms with Gasteiger partial charge in [0.15, 0.2) is 0 Å². The minimum atomic E-state index is -3.52. The normalized spacial score (nSPS) is 11.6. The standard InChI is InChI=1S/C15H18N2O3S/c1-3-17(12-13-8-10-16-11-9-13)21(18,19)15-6-4-14(20-2)5-7-15/h4-11H,3,12H2,1-2H3. The van der Waals surface area contributed by atoms with Gasteiger partial charge in [0.1, 0.15) is 5.75 Å². The summed E-state index contributed by atoms with van der Waals surface area (Å²) in [6, 6.07) is 10.0. The Bertz CT molecular complexity index is 670. The van der Waals surface area contributed by atoms with Gasteiger partial charge in [-0.25, -0.2) is 8.42 Å². The van der Waals surface area contributed by atoms with E-state index in [9.17, 15) is 8.42 Å². The Kier molecular flexibility index (Phi) is 4.93. The van der Waals surface area contributed by atoms with Crippen LogP contribution >= 0.6 is 0 Å². The fourth-order valence-corrected chi connectivity index (χ4v) is 3.39. The summed E-state index contributed by atoms with van der Waals surface area (Å²) in [6.07, 6.45) is 3.31. The summed E-state index contributed by atoms with van der Waals surface area (Å²) < 4.78 is 31.8. The van der Waals surface area contributed by atoms with Crippen LogP contribution in [0.25, 0.3) is 0 Å². The molecule has 0 atom stereocenters. The fraction of sp³-hybridized carbons (Fsp3) is 0.267. The summed E-state index contributed by atoms with van der Waals surface area (Å²) >= 11 is 0. The Morgan fingerprint density at radius 3 is 2.24 bits per heavy atom. The lowest BCUT2D eigenvalue weighted by Crippen LogP contribution is -2.30. The topological polar surface area (TPSA) is 59.5 Å². The highest BCUT2D eigenvalue weighted by Gasteiger charge is 2.23. The van der Waals surface area contributed by atoms with Crippen molar-refractivity contribution in [3.05, 3.63) is 54.4 Å². The van der Waals surface area contributed by atoms with Gasteiger partial charge < -0.3 is 4.74 Å². The molecular formula is C15H18N2O3S. The summed E-state index contributed by atoms with van der Waals surface area (Å²) in [5.41, 5.74) is 0.906. The third-order valence-electron chi connectivity index (χ3n) is 3.16. The van der Waals surface area contributed by atoms with Gasteiger partial charge in [-0.1, -0.05) is 6.92 Å². The summed E-state index contributed by atoms with van der Waals surface area (Å²) in [7, 11) is -1.97. The van der Waals surface area contributed by atoms with Crippen LogP contribution < -0.4 is 4.74 Å². The van der Waals surface area contributed by atoms with Crippen LogP contribution in [0.15, 0.2) is 53.7 Å². The van der Waals surface area contributed by atoms with E-state index in [0.29, 0.717) is 18.8 Å². The Morgan fingerprint density at radius 2 is 1.71 bits per heavy atom. The van der Waals surface area contributed by atoms with Crippen LogP contribution in [0.3, 0.4) is 0 Å². The first-order valence-electron chi connectivity index (χ1n) is 6.61. The van der Waals surface area contributed by atoms with Crippen LogP contribution in [0.5, 0.6) is 5.75 Å². The molecule has 0 saturated heterocycles. The molecule has 0 spiro atoms. The van der Waals surface area contributed by atoms with E-state index >= 15 is 0 Å². The van der Waals surface area contributed by atoms with E-state index in [1.54, 1.807) is 43.8 Å². The minimum absolute atomic E-state index is 0.263. The maximum atomic E-state index is 12.6. The maximum absolute atomic E-state index is 12.6. The summed E-state index contributed by atoms with van der Waals surface area (Å²) in [4.78, 5) is 4.20. The summed E-state index contributed by atoms with van der Waals surface area (Å²) in [5, 5.41) is 0. The predicted octanol–water partition coefficient (Wildman–Crippen LogP) is 2.30. The number of hydrogen-bond donors (Lipinski definition) is 0. The zero-order valence-electron chi connectivity index (χ0n) is 12.1. The van der Waals surface area contributed by atoms with Gasteiger partial charge in [-0.15, -0.1) is 0 Å². The smallest absolute Gasteiger partial charge is 0.243 e. The molecule has 0 N–H and O–H groups in total. The quantitative estimate of drug-likeness (QED) is 0.821. The first-order valence-corrected chi connectivity index (χ1v) is 8.05. The molecule has 112 valence electrons. The van der Waals surface area contributed by atoms with Crippen molar-refractivity contribution in [2.24, 2.45) is 0 Å². The second-order valence-electron chi connectivity index (χ2n) is 4.46. The number of methoxy groups -OCH3 is 1. The van der Waals surface area contributed by atoms with Gasteiger partial charge in [0.2, 0.25) is 10.0 Å². The van der Waals surface area contributed by atoms with Gasteiger partial charge in [0.25, 0.3) is 0 Å². The SMILES string of the molecule is CCN(Cc1ccncc1)S(=O)(=O)c1ccc(OC)cc1. The molecule has 0 aliphatic heterocycles. The fourth-order valence-electron chi connectivity index (χ4n) is 1.96. The van der Waals surface area contributed by atoms with Crippen molar-refractivity contribution in [3.8, 4) is 5.75 Å². The lowest BCUT2D eigenvalue weighted by molar-refractivity contribution is 0.413. The van der Waals surface area contributed by atoms with Crippen LogP contribution in [0.2, 0.25) is 0 Å². The van der Waals surface area contributed by atoms with Crippen molar-refractivity contribution >= 4 is 10.0 Å². The molecule has 0 saturated carbocycles. The first-order chi connectivity index (χ1) is 10.1. The second kappa shape index (κ2) is 6.69. The lowest BCUT2D eigenvalue weighted by Gasteiger charge is -2.20. The summed E-state index contributed by atoms with van der Waals surface area (Å²) in [6.45, 7) is 2.55. The third-order valence-corrected chi connectivity index (χ3v) is 5.09. The predicted molar refractivity (Wildman–Crippen MR) is 80.5 cm³/mol. The van der Waals surface area contributed by atoms with E-state index in [1.165, 1.54) is 4.31 Å². The molecule has 21 heavy (non-hydrogen) atoms. The number of hydrogen-bond acceptors (Lipinski definition) is 4. The molecule has 0 bridgehead atoms. The highest BCUT2D eigenvalue weighted by atomic mass is 32.2. The van der Waals surface area contributed by atoms with E-state index in [0.717, 1.165) is 5.56 Å². The molecule has 2 aromatic rings. The number of aromatic nitrogens is 1. The molecule has 1 aromatic heterocycles. The highest BCUT2D eigenvalue weighted by Crippen LogP contribution is 2.20. The third kappa shape index (κ3) is 3.59. The van der Waals surface area contributed by atoms with Gasteiger partial charge in [-0.05, 0) is 42.0 Å². The van der Waals surface area contributed by atoms with Crippen LogP contribution in [-0.4, -0.2) is 31.4 Å². The average molecular weight is 306 g/mol. The zero-order valence-corrected chi connectivity index (χ0v) is 12.9. The van der Waals surface area contributed by atoms with E-state index in [2.05, 4.69) is 4.98 Å². The molecule has 0 aliphatic carbocycles. The molecule has 0 amide bonds. The molecule has 6 heteroatoms. The average Bonchev–Trinajstić information content (AvgIpc) is 2.53. The van der Waals surface area contributed by atoms with Crippen LogP contribution in [0.4, 0.5) is 0 Å². The Labute approximate surface area is 125 Å². The Morgan fingerprint density at radius 1 is 1.10 bits per heavy atom. The van der Waals surface area contributed by atoms with E-state index in [-0.39, 0.29) is 4.90 Å². The van der Waals surface area contributed by atoms with Gasteiger partial charge in [0.05, 0.1) is 12.0 Å². The van der Waals surface area contributed by atoms with Crippen LogP contribution in [0, 0.1) is 0 Å². The van der Waals surface area contributed by atoms with Crippen molar-refractivity contribution in [1.29, 1.82) is 0 Å². The number of ether oxygens (including phenoxy) is 1. The van der Waals surface area contributed by atoms with E-state index in [4.69, 9.17) is 4.74 Å². The van der Waals surface area contributed by atoms with Gasteiger partial charge in [-0.2, -0.15) is 4.31 Å².